The van der Waals surface area contributed by atoms with E-state index in [-0.39, 0.29) is 32.8 Å². The minimum Gasteiger partial charge on any atom is -0.429 e. The Morgan fingerprint density at radius 2 is 1.02 bits per heavy atom. The fourth-order valence-corrected chi connectivity index (χ4v) is 3.85. The summed E-state index contributed by atoms with van der Waals surface area (Å²) in [6.07, 6.45) is 26.2. The molecule has 0 radical (unpaired) electrons. The number of hydrogen-bond donors (Lipinski definition) is 2. The predicted molar refractivity (Wildman–Crippen MR) is 168 cm³/mol. The molecule has 0 unspecified atom stereocenters. The third-order valence-corrected chi connectivity index (χ3v) is 6.15. The molecule has 0 aliphatic heterocycles. The zero-order chi connectivity index (χ0) is 31.4. The Balaban J connectivity index is 0.000000608. The molecule has 2 N–H and O–H groups in total. The van der Waals surface area contributed by atoms with Gasteiger partial charge in [0.05, 0.1) is 0 Å². The second-order valence-electron chi connectivity index (χ2n) is 11.3. The van der Waals surface area contributed by atoms with Crippen LogP contribution in [0.4, 0.5) is 28.9 Å². The summed E-state index contributed by atoms with van der Waals surface area (Å²) in [6.45, 7) is 12.2. The summed E-state index contributed by atoms with van der Waals surface area (Å²) < 4.78 is 52.0. The monoisotopic (exact) mass is 630 g/mol. The number of unbranched alkanes of at least 4 members (excludes halogenated alkanes) is 2. The van der Waals surface area contributed by atoms with Crippen molar-refractivity contribution in [2.45, 2.75) is 104 Å². The van der Waals surface area contributed by atoms with E-state index in [2.05, 4.69) is 48.8 Å². The maximum atomic E-state index is 13.3. The molecule has 0 spiro atoms. The summed E-state index contributed by atoms with van der Waals surface area (Å²) in [5.74, 6) is -2.67. The zero-order valence-corrected chi connectivity index (χ0v) is 28.0. The average molecular weight is 631 g/mol. The molecule has 0 saturated carbocycles. The van der Waals surface area contributed by atoms with Crippen LogP contribution in [0.25, 0.3) is 0 Å². The van der Waals surface area contributed by atoms with Gasteiger partial charge in [0.15, 0.2) is 0 Å². The van der Waals surface area contributed by atoms with Gasteiger partial charge in [0.1, 0.15) is 0 Å². The Hall–Kier alpha value is -2.57. The van der Waals surface area contributed by atoms with Crippen molar-refractivity contribution in [2.75, 3.05) is 10.6 Å². The van der Waals surface area contributed by atoms with Crippen molar-refractivity contribution >= 4 is 11.4 Å². The number of hydrogen-bond acceptors (Lipinski definition) is 2. The van der Waals surface area contributed by atoms with E-state index in [0.29, 0.717) is 11.4 Å². The van der Waals surface area contributed by atoms with Crippen molar-refractivity contribution in [3.8, 4) is 0 Å². The SMILES string of the molecule is CCCCC(C)(C)Nc1ccc(F)[c-]c1F.CCCCC(C)(C)Nc1ccc(F)[c-]c1F.[C-]1=CC=CC1.[C-]1=CC=CC1.[Ti+4]. The summed E-state index contributed by atoms with van der Waals surface area (Å²) in [6, 6.07) is 9.29. The van der Waals surface area contributed by atoms with Gasteiger partial charge in [-0.05, 0) is 51.9 Å². The predicted octanol–water partition coefficient (Wildman–Crippen LogP) is 10.9. The van der Waals surface area contributed by atoms with E-state index in [1.165, 1.54) is 24.3 Å². The fraction of sp³-hybridized carbons (Fsp3) is 0.444. The van der Waals surface area contributed by atoms with Crippen molar-refractivity contribution in [3.63, 3.8) is 0 Å². The van der Waals surface area contributed by atoms with E-state index in [0.717, 1.165) is 51.4 Å². The number of benzene rings is 2. The van der Waals surface area contributed by atoms with Crippen LogP contribution in [0.2, 0.25) is 0 Å². The molecule has 2 aliphatic rings. The molecule has 0 atom stereocenters. The van der Waals surface area contributed by atoms with Crippen LogP contribution in [-0.4, -0.2) is 11.1 Å². The molecule has 7 heteroatoms. The number of halogens is 4. The number of anilines is 2. The van der Waals surface area contributed by atoms with Gasteiger partial charge >= 0.3 is 21.7 Å². The van der Waals surface area contributed by atoms with Gasteiger partial charge in [0, 0.05) is 34.3 Å². The molecule has 0 fully saturated rings. The van der Waals surface area contributed by atoms with Crippen LogP contribution in [0.15, 0.2) is 60.7 Å². The molecule has 4 rings (SSSR count). The summed E-state index contributed by atoms with van der Waals surface area (Å²) in [5, 5.41) is 6.15. The van der Waals surface area contributed by atoms with E-state index in [1.807, 2.05) is 64.1 Å². The van der Waals surface area contributed by atoms with E-state index in [1.54, 1.807) is 0 Å². The Morgan fingerprint density at radius 1 is 0.651 bits per heavy atom. The summed E-state index contributed by atoms with van der Waals surface area (Å²) in [7, 11) is 0. The van der Waals surface area contributed by atoms with Gasteiger partial charge in [-0.2, -0.15) is 12.2 Å². The molecule has 0 saturated heterocycles. The molecular formula is C36H46F4N2Ti. The molecule has 0 amide bonds. The average Bonchev–Trinajstić information content (AvgIpc) is 3.70. The number of rotatable bonds is 10. The quantitative estimate of drug-likeness (QED) is 0.155. The first-order valence-electron chi connectivity index (χ1n) is 14.6. The Labute approximate surface area is 272 Å². The van der Waals surface area contributed by atoms with Crippen molar-refractivity contribution in [3.05, 3.63) is 108 Å². The topological polar surface area (TPSA) is 24.1 Å². The van der Waals surface area contributed by atoms with E-state index >= 15 is 0 Å². The molecular weight excluding hydrogens is 584 g/mol. The van der Waals surface area contributed by atoms with Gasteiger partial charge in [-0.15, -0.1) is 49.2 Å². The van der Waals surface area contributed by atoms with Crippen LogP contribution in [0.3, 0.4) is 0 Å². The van der Waals surface area contributed by atoms with Crippen molar-refractivity contribution in [2.24, 2.45) is 0 Å². The van der Waals surface area contributed by atoms with E-state index in [4.69, 9.17) is 0 Å². The molecule has 0 aromatic heterocycles. The Bertz CT molecular complexity index is 1060. The number of allylic oxidation sites excluding steroid dienone is 8. The molecule has 2 aliphatic carbocycles. The summed E-state index contributed by atoms with van der Waals surface area (Å²) in [5.41, 5.74) is 0.232. The maximum Gasteiger partial charge on any atom is 4.00 e. The zero-order valence-electron chi connectivity index (χ0n) is 26.4. The Morgan fingerprint density at radius 3 is 1.26 bits per heavy atom. The summed E-state index contributed by atoms with van der Waals surface area (Å²) in [4.78, 5) is 0. The fourth-order valence-electron chi connectivity index (χ4n) is 3.85. The van der Waals surface area contributed by atoms with Crippen LogP contribution in [0, 0.1) is 47.6 Å². The van der Waals surface area contributed by atoms with Crippen LogP contribution in [0.1, 0.15) is 92.9 Å². The molecule has 2 aromatic rings. The van der Waals surface area contributed by atoms with E-state index < -0.39 is 23.3 Å². The molecule has 2 aromatic carbocycles. The maximum absolute atomic E-state index is 13.3. The van der Waals surface area contributed by atoms with E-state index in [9.17, 15) is 17.6 Å². The smallest absolute Gasteiger partial charge is 0.429 e. The van der Waals surface area contributed by atoms with Crippen molar-refractivity contribution in [1.82, 2.24) is 0 Å². The normalized spacial score (nSPS) is 12.7. The molecule has 0 bridgehead atoms. The first kappa shape index (κ1) is 40.4. The van der Waals surface area contributed by atoms with Gasteiger partial charge in [0.2, 0.25) is 0 Å². The molecule has 43 heavy (non-hydrogen) atoms. The largest absolute Gasteiger partial charge is 4.00 e. The van der Waals surface area contributed by atoms with Crippen LogP contribution >= 0.6 is 0 Å². The molecule has 2 nitrogen and oxygen atoms in total. The number of nitrogens with one attached hydrogen (secondary N) is 2. The second-order valence-corrected chi connectivity index (χ2v) is 11.3. The Kier molecular flexibility index (Phi) is 20.7. The van der Waals surface area contributed by atoms with Gasteiger partial charge in [-0.25, -0.2) is 41.9 Å². The van der Waals surface area contributed by atoms with Crippen LogP contribution in [0.5, 0.6) is 0 Å². The van der Waals surface area contributed by atoms with Gasteiger partial charge < -0.3 is 10.6 Å². The minimum absolute atomic E-state index is 0. The minimum atomic E-state index is -0.672. The van der Waals surface area contributed by atoms with Gasteiger partial charge in [0.25, 0.3) is 0 Å². The standard InChI is InChI=1S/2C13H18F2N.2C5H5.Ti/c2*1-4-5-8-13(2,3)16-12-7-6-10(14)9-11(12)15;2*1-2-4-5-3-1;/h2*6-7,16H,4-5,8H2,1-3H3;2*1-3H,4H2;/q4*-1;+4. The first-order valence-corrected chi connectivity index (χ1v) is 14.6. The van der Waals surface area contributed by atoms with Crippen LogP contribution < -0.4 is 10.6 Å². The molecule has 0 heterocycles. The van der Waals surface area contributed by atoms with Crippen LogP contribution in [-0.2, 0) is 21.7 Å². The third-order valence-electron chi connectivity index (χ3n) is 6.15. The van der Waals surface area contributed by atoms with Crippen molar-refractivity contribution < 1.29 is 39.3 Å². The first-order chi connectivity index (χ1) is 19.9. The van der Waals surface area contributed by atoms with Gasteiger partial charge in [-0.1, -0.05) is 39.5 Å². The van der Waals surface area contributed by atoms with Crippen molar-refractivity contribution in [1.29, 1.82) is 0 Å². The second kappa shape index (κ2) is 22.0. The third kappa shape index (κ3) is 19.4. The summed E-state index contributed by atoms with van der Waals surface area (Å²) >= 11 is 0. The molecule has 232 valence electrons. The van der Waals surface area contributed by atoms with Gasteiger partial charge in [-0.3, -0.25) is 12.2 Å².